The molecular weight excluding hydrogens is 398 g/mol. The number of ketones is 1. The van der Waals surface area contributed by atoms with Crippen LogP contribution in [-0.2, 0) is 9.59 Å². The highest BCUT2D eigenvalue weighted by Crippen LogP contribution is 2.42. The first-order chi connectivity index (χ1) is 14.9. The van der Waals surface area contributed by atoms with Gasteiger partial charge in [0.1, 0.15) is 23.0 Å². The topological polar surface area (TPSA) is 96.3 Å². The maximum atomic E-state index is 13.0. The maximum Gasteiger partial charge on any atom is 0.295 e. The van der Waals surface area contributed by atoms with E-state index in [9.17, 15) is 19.8 Å². The van der Waals surface area contributed by atoms with Gasteiger partial charge in [-0.1, -0.05) is 31.9 Å². The number of methoxy groups -OCH3 is 2. The van der Waals surface area contributed by atoms with Crippen LogP contribution in [0.1, 0.15) is 43.4 Å². The summed E-state index contributed by atoms with van der Waals surface area (Å²) in [7, 11) is 2.94. The molecule has 1 saturated heterocycles. The normalized spacial score (nSPS) is 17.8. The maximum absolute atomic E-state index is 13.0. The minimum atomic E-state index is -0.820. The van der Waals surface area contributed by atoms with Crippen LogP contribution >= 0.6 is 0 Å². The molecule has 31 heavy (non-hydrogen) atoms. The summed E-state index contributed by atoms with van der Waals surface area (Å²) in [5.41, 5.74) is 0.747. The zero-order valence-electron chi connectivity index (χ0n) is 17.9. The van der Waals surface area contributed by atoms with Crippen molar-refractivity contribution in [3.8, 4) is 17.2 Å². The van der Waals surface area contributed by atoms with Crippen molar-refractivity contribution in [3.63, 3.8) is 0 Å². The van der Waals surface area contributed by atoms with Crippen molar-refractivity contribution in [3.05, 3.63) is 59.2 Å². The van der Waals surface area contributed by atoms with Gasteiger partial charge in [0.05, 0.1) is 31.4 Å². The number of aliphatic hydroxyl groups excluding tert-OH is 1. The van der Waals surface area contributed by atoms with E-state index in [1.54, 1.807) is 30.3 Å². The largest absolute Gasteiger partial charge is 0.508 e. The molecule has 1 atom stereocenters. The van der Waals surface area contributed by atoms with Crippen LogP contribution in [0.15, 0.2) is 48.0 Å². The summed E-state index contributed by atoms with van der Waals surface area (Å²) in [6.45, 7) is 2.42. The number of phenolic OH excluding ortho intramolecular Hbond substituents is 1. The van der Waals surface area contributed by atoms with E-state index >= 15 is 0 Å². The Kier molecular flexibility index (Phi) is 6.84. The lowest BCUT2D eigenvalue weighted by molar-refractivity contribution is -0.139. The number of unbranched alkanes of at least 4 members (excludes halogenated alkanes) is 2. The predicted molar refractivity (Wildman–Crippen MR) is 116 cm³/mol. The molecule has 0 bridgehead atoms. The van der Waals surface area contributed by atoms with Crippen LogP contribution in [0, 0.1) is 0 Å². The van der Waals surface area contributed by atoms with Crippen LogP contribution in [0.25, 0.3) is 5.76 Å². The Balaban J connectivity index is 2.20. The first-order valence-corrected chi connectivity index (χ1v) is 10.2. The Morgan fingerprint density at radius 3 is 2.48 bits per heavy atom. The zero-order chi connectivity index (χ0) is 22.5. The molecule has 1 fully saturated rings. The van der Waals surface area contributed by atoms with Gasteiger partial charge in [0.15, 0.2) is 0 Å². The Morgan fingerprint density at radius 1 is 1.06 bits per heavy atom. The van der Waals surface area contributed by atoms with E-state index < -0.39 is 17.7 Å². The van der Waals surface area contributed by atoms with E-state index in [2.05, 4.69) is 6.92 Å². The molecule has 7 heteroatoms. The first kappa shape index (κ1) is 22.2. The lowest BCUT2D eigenvalue weighted by atomic mass is 9.94. The number of hydrogen-bond acceptors (Lipinski definition) is 6. The second kappa shape index (κ2) is 9.55. The molecule has 7 nitrogen and oxygen atoms in total. The molecule has 0 radical (unpaired) electrons. The standard InChI is InChI=1S/C24H27NO6/c1-4-5-6-12-25-21(15-8-7-9-16(26)13-15)20(23(28)24(25)29)22(27)18-14-17(30-2)10-11-19(18)31-3/h7-11,13-14,21,26-27H,4-6,12H2,1-3H3/b22-20+. The lowest BCUT2D eigenvalue weighted by Gasteiger charge is -2.25. The summed E-state index contributed by atoms with van der Waals surface area (Å²) < 4.78 is 10.6. The highest BCUT2D eigenvalue weighted by atomic mass is 16.5. The van der Waals surface area contributed by atoms with E-state index in [4.69, 9.17) is 9.47 Å². The molecule has 2 N–H and O–H groups in total. The molecule has 164 valence electrons. The van der Waals surface area contributed by atoms with Gasteiger partial charge in [-0.05, 0) is 42.3 Å². The Morgan fingerprint density at radius 2 is 1.84 bits per heavy atom. The van der Waals surface area contributed by atoms with Gasteiger partial charge < -0.3 is 24.6 Å². The van der Waals surface area contributed by atoms with Crippen LogP contribution in [-0.4, -0.2) is 47.6 Å². The fourth-order valence-corrected chi connectivity index (χ4v) is 3.83. The van der Waals surface area contributed by atoms with Crippen LogP contribution < -0.4 is 9.47 Å². The first-order valence-electron chi connectivity index (χ1n) is 10.2. The number of carbonyl (C=O) groups is 2. The number of amides is 1. The lowest BCUT2D eigenvalue weighted by Crippen LogP contribution is -2.30. The molecule has 1 unspecified atom stereocenters. The molecular formula is C24H27NO6. The third kappa shape index (κ3) is 4.35. The van der Waals surface area contributed by atoms with E-state index in [0.717, 1.165) is 19.3 Å². The molecule has 0 spiro atoms. The monoisotopic (exact) mass is 425 g/mol. The van der Waals surface area contributed by atoms with Gasteiger partial charge in [-0.2, -0.15) is 0 Å². The van der Waals surface area contributed by atoms with E-state index in [-0.39, 0.29) is 22.6 Å². The average Bonchev–Trinajstić information content (AvgIpc) is 3.03. The molecule has 1 amide bonds. The number of rotatable bonds is 8. The smallest absolute Gasteiger partial charge is 0.295 e. The van der Waals surface area contributed by atoms with Crippen LogP contribution in [0.3, 0.4) is 0 Å². The molecule has 2 aromatic rings. The quantitative estimate of drug-likeness (QED) is 0.287. The molecule has 1 heterocycles. The minimum absolute atomic E-state index is 0.00982. The predicted octanol–water partition coefficient (Wildman–Crippen LogP) is 4.02. The minimum Gasteiger partial charge on any atom is -0.508 e. The number of aromatic hydroxyl groups is 1. The number of Topliss-reactive ketones (excluding diaryl/α,β-unsaturated/α-hetero) is 1. The van der Waals surface area contributed by atoms with Crippen LogP contribution in [0.4, 0.5) is 0 Å². The third-order valence-electron chi connectivity index (χ3n) is 5.39. The number of benzene rings is 2. The SMILES string of the molecule is CCCCCN1C(=O)C(=O)/C(=C(/O)c2cc(OC)ccc2OC)C1c1cccc(O)c1. The number of carbonyl (C=O) groups excluding carboxylic acids is 2. The highest BCUT2D eigenvalue weighted by molar-refractivity contribution is 6.46. The molecule has 0 aliphatic carbocycles. The fourth-order valence-electron chi connectivity index (χ4n) is 3.83. The average molecular weight is 425 g/mol. The molecule has 2 aromatic carbocycles. The number of nitrogens with zero attached hydrogens (tertiary/aromatic N) is 1. The van der Waals surface area contributed by atoms with Crippen molar-refractivity contribution in [1.82, 2.24) is 4.90 Å². The van der Waals surface area contributed by atoms with Crippen molar-refractivity contribution in [2.75, 3.05) is 20.8 Å². The van der Waals surface area contributed by atoms with Gasteiger partial charge in [0.25, 0.3) is 11.7 Å². The van der Waals surface area contributed by atoms with Gasteiger partial charge in [-0.25, -0.2) is 0 Å². The number of hydrogen-bond donors (Lipinski definition) is 2. The fraction of sp³-hybridized carbons (Fsp3) is 0.333. The summed E-state index contributed by atoms with van der Waals surface area (Å²) in [6.07, 6.45) is 2.59. The molecule has 3 rings (SSSR count). The van der Waals surface area contributed by atoms with Gasteiger partial charge in [0.2, 0.25) is 0 Å². The third-order valence-corrected chi connectivity index (χ3v) is 5.39. The second-order valence-corrected chi connectivity index (χ2v) is 7.36. The van der Waals surface area contributed by atoms with Crippen molar-refractivity contribution in [1.29, 1.82) is 0 Å². The van der Waals surface area contributed by atoms with E-state index in [0.29, 0.717) is 23.6 Å². The number of likely N-dealkylation sites (tertiary alicyclic amines) is 1. The summed E-state index contributed by atoms with van der Waals surface area (Å²) >= 11 is 0. The van der Waals surface area contributed by atoms with E-state index in [1.165, 1.54) is 31.3 Å². The summed E-state index contributed by atoms with van der Waals surface area (Å²) in [4.78, 5) is 27.4. The number of aliphatic hydroxyl groups is 1. The van der Waals surface area contributed by atoms with Crippen molar-refractivity contribution in [2.24, 2.45) is 0 Å². The number of ether oxygens (including phenoxy) is 2. The summed E-state index contributed by atoms with van der Waals surface area (Å²) in [5.74, 6) is -0.977. The molecule has 0 aromatic heterocycles. The van der Waals surface area contributed by atoms with Crippen LogP contribution in [0.2, 0.25) is 0 Å². The second-order valence-electron chi connectivity index (χ2n) is 7.36. The molecule has 0 saturated carbocycles. The summed E-state index contributed by atoms with van der Waals surface area (Å²) in [6, 6.07) is 10.4. The van der Waals surface area contributed by atoms with Crippen molar-refractivity contribution < 1.29 is 29.3 Å². The van der Waals surface area contributed by atoms with Crippen molar-refractivity contribution in [2.45, 2.75) is 32.2 Å². The molecule has 1 aliphatic heterocycles. The summed E-state index contributed by atoms with van der Waals surface area (Å²) in [5, 5.41) is 21.2. The Hall–Kier alpha value is -3.48. The Labute approximate surface area is 181 Å². The van der Waals surface area contributed by atoms with Crippen LogP contribution in [0.5, 0.6) is 17.2 Å². The van der Waals surface area contributed by atoms with Gasteiger partial charge in [-0.15, -0.1) is 0 Å². The van der Waals surface area contributed by atoms with Gasteiger partial charge >= 0.3 is 0 Å². The number of phenols is 1. The molecule has 1 aliphatic rings. The zero-order valence-corrected chi connectivity index (χ0v) is 17.9. The van der Waals surface area contributed by atoms with Gasteiger partial charge in [0, 0.05) is 6.54 Å². The Bertz CT molecular complexity index is 1010. The highest BCUT2D eigenvalue weighted by Gasteiger charge is 2.46. The van der Waals surface area contributed by atoms with E-state index in [1.807, 2.05) is 0 Å². The van der Waals surface area contributed by atoms with Crippen molar-refractivity contribution >= 4 is 17.4 Å². The van der Waals surface area contributed by atoms with Gasteiger partial charge in [-0.3, -0.25) is 9.59 Å².